The van der Waals surface area contributed by atoms with E-state index in [1.807, 2.05) is 0 Å². The molecule has 0 aliphatic rings. The van der Waals surface area contributed by atoms with Gasteiger partial charge in [-0.1, -0.05) is 0 Å². The molecule has 3 heterocycles. The highest BCUT2D eigenvalue weighted by molar-refractivity contribution is 5.80. The van der Waals surface area contributed by atoms with Gasteiger partial charge in [-0.15, -0.1) is 0 Å². The highest BCUT2D eigenvalue weighted by Crippen LogP contribution is 2.08. The summed E-state index contributed by atoms with van der Waals surface area (Å²) in [6.45, 7) is 0. The van der Waals surface area contributed by atoms with Crippen LogP contribution < -0.4 is 0 Å². The van der Waals surface area contributed by atoms with Gasteiger partial charge in [0.2, 0.25) is 0 Å². The largest absolute Gasteiger partial charge is 0.242 e. The van der Waals surface area contributed by atoms with Crippen molar-refractivity contribution in [1.29, 1.82) is 0 Å². The lowest BCUT2D eigenvalue weighted by Crippen LogP contribution is -1.93. The summed E-state index contributed by atoms with van der Waals surface area (Å²) in [5.74, 6) is 0. The van der Waals surface area contributed by atoms with E-state index < -0.39 is 0 Å². The Labute approximate surface area is 78.1 Å². The molecule has 3 aromatic rings. The number of fused-ring (bicyclic) bond motifs is 2. The summed E-state index contributed by atoms with van der Waals surface area (Å²) in [4.78, 5) is 24.2. The van der Waals surface area contributed by atoms with E-state index in [4.69, 9.17) is 0 Å². The van der Waals surface area contributed by atoms with E-state index in [0.717, 1.165) is 0 Å². The number of hydrogen-bond donors (Lipinski definition) is 0. The standard InChI is InChI=1S/C8H4N6/c1-5-7(11-3-9-1)14-8-6(13-5)2-10-4-12-8/h1-4H. The second-order valence-electron chi connectivity index (χ2n) is 2.69. The zero-order valence-electron chi connectivity index (χ0n) is 6.99. The third-order valence-corrected chi connectivity index (χ3v) is 1.80. The van der Waals surface area contributed by atoms with Crippen molar-refractivity contribution < 1.29 is 0 Å². The van der Waals surface area contributed by atoms with Crippen molar-refractivity contribution in [3.63, 3.8) is 0 Å². The minimum Gasteiger partial charge on any atom is -0.242 e. The first-order chi connectivity index (χ1) is 6.93. The molecular weight excluding hydrogens is 180 g/mol. The third-order valence-electron chi connectivity index (χ3n) is 1.80. The summed E-state index contributed by atoms with van der Waals surface area (Å²) >= 11 is 0. The Kier molecular flexibility index (Phi) is 1.35. The Hall–Kier alpha value is -2.24. The molecule has 6 heteroatoms. The number of nitrogens with zero attached hydrogens (tertiary/aromatic N) is 6. The molecule has 0 aromatic carbocycles. The fourth-order valence-electron chi connectivity index (χ4n) is 1.19. The van der Waals surface area contributed by atoms with Crippen LogP contribution in [0.3, 0.4) is 0 Å². The van der Waals surface area contributed by atoms with Gasteiger partial charge in [0.1, 0.15) is 23.7 Å². The van der Waals surface area contributed by atoms with Crippen LogP contribution in [0, 0.1) is 0 Å². The Morgan fingerprint density at radius 1 is 0.714 bits per heavy atom. The fraction of sp³-hybridized carbons (Fsp3) is 0. The molecule has 0 bridgehead atoms. The number of hydrogen-bond acceptors (Lipinski definition) is 6. The molecule has 3 aromatic heterocycles. The van der Waals surface area contributed by atoms with E-state index in [2.05, 4.69) is 29.9 Å². The molecule has 6 nitrogen and oxygen atoms in total. The lowest BCUT2D eigenvalue weighted by molar-refractivity contribution is 1.13. The maximum Gasteiger partial charge on any atom is 0.183 e. The summed E-state index contributed by atoms with van der Waals surface area (Å²) < 4.78 is 0. The van der Waals surface area contributed by atoms with Gasteiger partial charge in [-0.05, 0) is 0 Å². The van der Waals surface area contributed by atoms with Crippen molar-refractivity contribution in [2.45, 2.75) is 0 Å². The number of aromatic nitrogens is 6. The third kappa shape index (κ3) is 0.972. The van der Waals surface area contributed by atoms with Crippen LogP contribution in [0.25, 0.3) is 22.3 Å². The van der Waals surface area contributed by atoms with Crippen molar-refractivity contribution in [3.8, 4) is 0 Å². The van der Waals surface area contributed by atoms with Gasteiger partial charge in [0.05, 0.1) is 12.4 Å². The summed E-state index contributed by atoms with van der Waals surface area (Å²) in [7, 11) is 0. The molecule has 0 saturated carbocycles. The fourth-order valence-corrected chi connectivity index (χ4v) is 1.19. The van der Waals surface area contributed by atoms with Gasteiger partial charge in [-0.3, -0.25) is 0 Å². The minimum atomic E-state index is 0.547. The minimum absolute atomic E-state index is 0.547. The lowest BCUT2D eigenvalue weighted by Gasteiger charge is -1.96. The molecule has 0 radical (unpaired) electrons. The van der Waals surface area contributed by atoms with Crippen LogP contribution >= 0.6 is 0 Å². The van der Waals surface area contributed by atoms with Gasteiger partial charge in [0.15, 0.2) is 11.3 Å². The Bertz CT molecular complexity index is 503. The molecule has 0 amide bonds. The topological polar surface area (TPSA) is 77.3 Å². The van der Waals surface area contributed by atoms with Gasteiger partial charge in [-0.2, -0.15) is 0 Å². The molecule has 0 N–H and O–H groups in total. The smallest absolute Gasteiger partial charge is 0.183 e. The summed E-state index contributed by atoms with van der Waals surface area (Å²) in [6, 6.07) is 0. The second kappa shape index (κ2) is 2.63. The zero-order chi connectivity index (χ0) is 9.38. The SMILES string of the molecule is c1ncc2nc3cncnc3nc2n1. The van der Waals surface area contributed by atoms with Gasteiger partial charge in [0.25, 0.3) is 0 Å². The molecule has 14 heavy (non-hydrogen) atoms. The normalized spacial score (nSPS) is 10.9. The van der Waals surface area contributed by atoms with E-state index in [9.17, 15) is 0 Å². The summed E-state index contributed by atoms with van der Waals surface area (Å²) in [6.07, 6.45) is 6.09. The van der Waals surface area contributed by atoms with Crippen LogP contribution in [0.1, 0.15) is 0 Å². The van der Waals surface area contributed by atoms with Crippen LogP contribution in [-0.4, -0.2) is 29.9 Å². The molecule has 0 saturated heterocycles. The maximum atomic E-state index is 4.27. The zero-order valence-corrected chi connectivity index (χ0v) is 6.99. The first kappa shape index (κ1) is 7.19. The highest BCUT2D eigenvalue weighted by Gasteiger charge is 2.01. The van der Waals surface area contributed by atoms with E-state index in [-0.39, 0.29) is 0 Å². The summed E-state index contributed by atoms with van der Waals surface area (Å²) in [5.41, 5.74) is 2.39. The predicted molar refractivity (Wildman–Crippen MR) is 48.2 cm³/mol. The molecule has 0 spiro atoms. The Morgan fingerprint density at radius 3 is 1.86 bits per heavy atom. The van der Waals surface area contributed by atoms with Crippen molar-refractivity contribution >= 4 is 22.3 Å². The van der Waals surface area contributed by atoms with Crippen molar-refractivity contribution in [2.24, 2.45) is 0 Å². The lowest BCUT2D eigenvalue weighted by atomic mass is 10.4. The van der Waals surface area contributed by atoms with E-state index in [0.29, 0.717) is 22.3 Å². The maximum absolute atomic E-state index is 4.27. The summed E-state index contributed by atoms with van der Waals surface area (Å²) in [5, 5.41) is 0. The van der Waals surface area contributed by atoms with E-state index in [1.54, 1.807) is 12.4 Å². The van der Waals surface area contributed by atoms with Gasteiger partial charge in [0, 0.05) is 0 Å². The molecule has 0 aliphatic carbocycles. The van der Waals surface area contributed by atoms with Crippen molar-refractivity contribution in [2.75, 3.05) is 0 Å². The monoisotopic (exact) mass is 184 g/mol. The molecule has 3 rings (SSSR count). The van der Waals surface area contributed by atoms with Gasteiger partial charge in [-0.25, -0.2) is 29.9 Å². The van der Waals surface area contributed by atoms with Crippen LogP contribution in [0.15, 0.2) is 25.0 Å². The molecule has 0 unspecified atom stereocenters. The molecular formula is C8H4N6. The first-order valence-corrected chi connectivity index (χ1v) is 3.97. The van der Waals surface area contributed by atoms with Crippen LogP contribution in [0.2, 0.25) is 0 Å². The number of rotatable bonds is 0. The quantitative estimate of drug-likeness (QED) is 0.469. The van der Waals surface area contributed by atoms with Crippen LogP contribution in [-0.2, 0) is 0 Å². The van der Waals surface area contributed by atoms with E-state index in [1.165, 1.54) is 12.7 Å². The molecule has 0 aliphatic heterocycles. The first-order valence-electron chi connectivity index (χ1n) is 3.97. The Morgan fingerprint density at radius 2 is 1.29 bits per heavy atom. The second-order valence-corrected chi connectivity index (χ2v) is 2.69. The molecule has 66 valence electrons. The van der Waals surface area contributed by atoms with Crippen molar-refractivity contribution in [3.05, 3.63) is 25.0 Å². The van der Waals surface area contributed by atoms with E-state index >= 15 is 0 Å². The van der Waals surface area contributed by atoms with Crippen LogP contribution in [0.4, 0.5) is 0 Å². The average Bonchev–Trinajstić information content (AvgIpc) is 2.26. The van der Waals surface area contributed by atoms with Crippen molar-refractivity contribution in [1.82, 2.24) is 29.9 Å². The van der Waals surface area contributed by atoms with Gasteiger partial charge < -0.3 is 0 Å². The van der Waals surface area contributed by atoms with Gasteiger partial charge >= 0.3 is 0 Å². The highest BCUT2D eigenvalue weighted by atomic mass is 15.0. The average molecular weight is 184 g/mol. The van der Waals surface area contributed by atoms with Crippen LogP contribution in [0.5, 0.6) is 0 Å². The molecule has 0 fully saturated rings. The molecule has 0 atom stereocenters. The Balaban J connectivity index is 2.52. The predicted octanol–water partition coefficient (Wildman–Crippen LogP) is 0.363.